The van der Waals surface area contributed by atoms with Crippen LogP contribution in [0.25, 0.3) is 0 Å². The average Bonchev–Trinajstić information content (AvgIpc) is 2.12. The van der Waals surface area contributed by atoms with Crippen LogP contribution in [0.1, 0.15) is 12.8 Å². The molecule has 20 heavy (non-hydrogen) atoms. The first-order valence-electron chi connectivity index (χ1n) is 5.40. The van der Waals surface area contributed by atoms with Crippen molar-refractivity contribution >= 4 is 61.6 Å². The molecule has 0 fully saturated rings. The van der Waals surface area contributed by atoms with Crippen LogP contribution < -0.4 is 0 Å². The first-order chi connectivity index (χ1) is 8.91. The third-order valence-corrected chi connectivity index (χ3v) is 5.16. The quantitative estimate of drug-likeness (QED) is 0.359. The van der Waals surface area contributed by atoms with Gasteiger partial charge in [-0.15, -0.1) is 46.4 Å². The molecule has 0 aromatic heterocycles. The Balaban J connectivity index is 0. The topological polar surface area (TPSA) is 115 Å². The third-order valence-electron chi connectivity index (χ3n) is 1.72. The summed E-state index contributed by atoms with van der Waals surface area (Å²) >= 11 is 21.6. The Morgan fingerprint density at radius 3 is 1.15 bits per heavy atom. The molecule has 12 heteroatoms. The molecule has 0 aliphatic rings. The van der Waals surface area contributed by atoms with Gasteiger partial charge in [-0.25, -0.2) is 0 Å². The van der Waals surface area contributed by atoms with E-state index in [0.717, 1.165) is 0 Å². The maximum absolute atomic E-state index is 10.3. The van der Waals surface area contributed by atoms with E-state index in [1.54, 1.807) is 0 Å². The summed E-state index contributed by atoms with van der Waals surface area (Å²) in [5, 5.41) is -1.03. The van der Waals surface area contributed by atoms with Crippen molar-refractivity contribution in [2.75, 3.05) is 24.1 Å². The fourth-order valence-electron chi connectivity index (χ4n) is 0.935. The van der Waals surface area contributed by atoms with Crippen LogP contribution >= 0.6 is 61.6 Å². The van der Waals surface area contributed by atoms with Crippen molar-refractivity contribution in [3.8, 4) is 0 Å². The Bertz CT molecular complexity index is 301. The Labute approximate surface area is 138 Å². The van der Waals surface area contributed by atoms with Gasteiger partial charge in [0, 0.05) is 22.5 Å². The maximum atomic E-state index is 10.3. The van der Waals surface area contributed by atoms with Gasteiger partial charge in [0.1, 0.15) is 0 Å². The summed E-state index contributed by atoms with van der Waals surface area (Å²) in [4.78, 5) is 33.6. The van der Waals surface area contributed by atoms with E-state index in [-0.39, 0.29) is 12.3 Å². The Morgan fingerprint density at radius 2 is 1.00 bits per heavy atom. The molecule has 2 unspecified atom stereocenters. The SMILES string of the molecule is O=P(O)(O)CC(Cl)CCCl.O=P(O)(O)CC(Cl)CCCl. The van der Waals surface area contributed by atoms with Crippen LogP contribution in [0.5, 0.6) is 0 Å². The van der Waals surface area contributed by atoms with Gasteiger partial charge < -0.3 is 19.6 Å². The highest BCUT2D eigenvalue weighted by Gasteiger charge is 2.19. The minimum Gasteiger partial charge on any atom is -0.324 e. The summed E-state index contributed by atoms with van der Waals surface area (Å²) in [6.45, 7) is 0. The minimum absolute atomic E-state index is 0.290. The van der Waals surface area contributed by atoms with E-state index in [9.17, 15) is 9.13 Å². The van der Waals surface area contributed by atoms with E-state index in [1.807, 2.05) is 0 Å². The van der Waals surface area contributed by atoms with Crippen LogP contribution in [0.2, 0.25) is 0 Å². The van der Waals surface area contributed by atoms with Crippen molar-refractivity contribution in [3.63, 3.8) is 0 Å². The van der Waals surface area contributed by atoms with Gasteiger partial charge in [0.05, 0.1) is 12.3 Å². The highest BCUT2D eigenvalue weighted by atomic mass is 35.5. The lowest BCUT2D eigenvalue weighted by atomic mass is 10.4. The zero-order chi connectivity index (χ0) is 16.4. The average molecular weight is 414 g/mol. The van der Waals surface area contributed by atoms with Crippen molar-refractivity contribution in [3.05, 3.63) is 0 Å². The van der Waals surface area contributed by atoms with Crippen LogP contribution in [0.3, 0.4) is 0 Å². The zero-order valence-electron chi connectivity index (χ0n) is 10.4. The lowest BCUT2D eigenvalue weighted by molar-refractivity contribution is 0.369. The minimum atomic E-state index is -3.94. The summed E-state index contributed by atoms with van der Waals surface area (Å²) in [6.07, 6.45) is 0.269. The first-order valence-corrected chi connectivity index (χ1v) is 10.9. The molecule has 0 aliphatic heterocycles. The van der Waals surface area contributed by atoms with Crippen molar-refractivity contribution in [1.82, 2.24) is 0 Å². The van der Waals surface area contributed by atoms with Gasteiger partial charge >= 0.3 is 15.2 Å². The van der Waals surface area contributed by atoms with Gasteiger partial charge in [-0.1, -0.05) is 0 Å². The number of alkyl halides is 4. The highest BCUT2D eigenvalue weighted by Crippen LogP contribution is 2.37. The lowest BCUT2D eigenvalue weighted by Gasteiger charge is -2.07. The van der Waals surface area contributed by atoms with Gasteiger partial charge in [0.15, 0.2) is 0 Å². The highest BCUT2D eigenvalue weighted by molar-refractivity contribution is 7.52. The summed E-state index contributed by atoms with van der Waals surface area (Å²) in [5.74, 6) is 0.655. The van der Waals surface area contributed by atoms with Crippen LogP contribution in [0, 0.1) is 0 Å². The van der Waals surface area contributed by atoms with E-state index >= 15 is 0 Å². The number of hydrogen-bond donors (Lipinski definition) is 4. The zero-order valence-corrected chi connectivity index (χ0v) is 15.2. The number of rotatable bonds is 8. The molecule has 0 saturated carbocycles. The Hall–Kier alpha value is 1.46. The van der Waals surface area contributed by atoms with Gasteiger partial charge in [0.2, 0.25) is 0 Å². The Morgan fingerprint density at radius 1 is 0.750 bits per heavy atom. The van der Waals surface area contributed by atoms with Crippen LogP contribution in [-0.4, -0.2) is 54.4 Å². The van der Waals surface area contributed by atoms with Gasteiger partial charge in [-0.2, -0.15) is 0 Å². The smallest absolute Gasteiger partial charge is 0.324 e. The van der Waals surface area contributed by atoms with Crippen molar-refractivity contribution in [1.29, 1.82) is 0 Å². The molecule has 6 nitrogen and oxygen atoms in total. The molecule has 0 spiro atoms. The number of hydrogen-bond acceptors (Lipinski definition) is 2. The van der Waals surface area contributed by atoms with Crippen molar-refractivity contribution < 1.29 is 28.7 Å². The molecule has 4 N–H and O–H groups in total. The molecule has 0 bridgehead atoms. The fraction of sp³-hybridized carbons (Fsp3) is 1.00. The molecule has 0 aromatic rings. The second-order valence-corrected chi connectivity index (χ2v) is 9.22. The van der Waals surface area contributed by atoms with E-state index in [1.165, 1.54) is 0 Å². The second kappa shape index (κ2) is 12.0. The van der Waals surface area contributed by atoms with E-state index in [2.05, 4.69) is 0 Å². The lowest BCUT2D eigenvalue weighted by Crippen LogP contribution is -2.06. The van der Waals surface area contributed by atoms with Gasteiger partial charge in [-0.3, -0.25) is 9.13 Å². The Kier molecular flexibility index (Phi) is 14.2. The van der Waals surface area contributed by atoms with Gasteiger partial charge in [0.25, 0.3) is 0 Å². The summed E-state index contributed by atoms with van der Waals surface area (Å²) < 4.78 is 20.6. The summed E-state index contributed by atoms with van der Waals surface area (Å²) in [6, 6.07) is 0. The summed E-state index contributed by atoms with van der Waals surface area (Å²) in [7, 11) is -7.88. The number of halogens is 4. The normalized spacial score (nSPS) is 15.2. The fourth-order valence-corrected chi connectivity index (χ4v) is 4.38. The summed E-state index contributed by atoms with van der Waals surface area (Å²) in [5.41, 5.74) is 0. The first kappa shape index (κ1) is 23.7. The molecular weight excluding hydrogens is 396 g/mol. The van der Waals surface area contributed by atoms with Crippen LogP contribution in [-0.2, 0) is 9.13 Å². The molecule has 0 radical (unpaired) electrons. The molecule has 0 aromatic carbocycles. The van der Waals surface area contributed by atoms with Gasteiger partial charge in [-0.05, 0) is 12.8 Å². The van der Waals surface area contributed by atoms with E-state index in [0.29, 0.717) is 24.6 Å². The monoisotopic (exact) mass is 412 g/mol. The van der Waals surface area contributed by atoms with Crippen molar-refractivity contribution in [2.45, 2.75) is 23.6 Å². The molecule has 124 valence electrons. The maximum Gasteiger partial charge on any atom is 0.327 e. The molecule has 0 saturated heterocycles. The predicted octanol–water partition coefficient (Wildman–Crippen LogP) is 2.80. The molecule has 0 heterocycles. The van der Waals surface area contributed by atoms with E-state index < -0.39 is 25.9 Å². The molecular formula is C8H18Cl4O6P2. The third kappa shape index (κ3) is 21.8. The predicted molar refractivity (Wildman–Crippen MR) is 83.8 cm³/mol. The second-order valence-electron chi connectivity index (χ2n) is 3.84. The van der Waals surface area contributed by atoms with E-state index in [4.69, 9.17) is 66.0 Å². The molecule has 0 rings (SSSR count). The molecule has 0 amide bonds. The van der Waals surface area contributed by atoms with Crippen molar-refractivity contribution in [2.24, 2.45) is 0 Å². The molecule has 2 atom stereocenters. The molecule has 0 aliphatic carbocycles. The van der Waals surface area contributed by atoms with Crippen LogP contribution in [0.4, 0.5) is 0 Å². The largest absolute Gasteiger partial charge is 0.327 e. The standard InChI is InChI=1S/2C4H9Cl2O3P/c2*5-2-1-4(6)3-10(7,8)9/h2*4H,1-3H2,(H2,7,8,9). The van der Waals surface area contributed by atoms with Crippen LogP contribution in [0.15, 0.2) is 0 Å².